The summed E-state index contributed by atoms with van der Waals surface area (Å²) in [6, 6.07) is 3.74. The van der Waals surface area contributed by atoms with Crippen LogP contribution in [0.1, 0.15) is 37.0 Å². The van der Waals surface area contributed by atoms with Crippen molar-refractivity contribution in [2.24, 2.45) is 0 Å². The van der Waals surface area contributed by atoms with Crippen molar-refractivity contribution in [2.45, 2.75) is 45.6 Å². The van der Waals surface area contributed by atoms with E-state index >= 15 is 0 Å². The van der Waals surface area contributed by atoms with Gasteiger partial charge in [0.1, 0.15) is 16.9 Å². The smallest absolute Gasteiger partial charge is 0.340 e. The highest BCUT2D eigenvalue weighted by molar-refractivity contribution is 5.86. The number of aliphatic hydroxyl groups is 2. The minimum atomic E-state index is -0.554. The molecule has 0 saturated carbocycles. The molecular weight excluding hydrogens is 362 g/mol. The number of fused-ring (bicyclic) bond motifs is 2. The molecule has 0 unspecified atom stereocenters. The molecule has 0 radical (unpaired) electrons. The van der Waals surface area contributed by atoms with Gasteiger partial charge in [-0.3, -0.25) is 4.79 Å². The van der Waals surface area contributed by atoms with Crippen LogP contribution in [-0.4, -0.2) is 52.9 Å². The number of hydrogen-bond donors (Lipinski definition) is 2. The van der Waals surface area contributed by atoms with Gasteiger partial charge in [0.25, 0.3) is 0 Å². The molecule has 1 aliphatic heterocycles. The number of rotatable bonds is 6. The molecule has 2 N–H and O–H groups in total. The summed E-state index contributed by atoms with van der Waals surface area (Å²) >= 11 is 0. The number of aliphatic hydroxyl groups excluding tert-OH is 2. The molecule has 0 atom stereocenters. The number of benzene rings is 1. The Hall–Kier alpha value is -2.38. The molecule has 0 spiro atoms. The lowest BCUT2D eigenvalue weighted by Crippen LogP contribution is -2.37. The van der Waals surface area contributed by atoms with Gasteiger partial charge in [0.05, 0.1) is 25.2 Å². The average molecular weight is 389 g/mol. The van der Waals surface area contributed by atoms with Crippen molar-refractivity contribution in [1.29, 1.82) is 0 Å². The predicted molar refractivity (Wildman–Crippen MR) is 105 cm³/mol. The van der Waals surface area contributed by atoms with Crippen LogP contribution in [0.4, 0.5) is 0 Å². The maximum absolute atomic E-state index is 12.5. The highest BCUT2D eigenvalue weighted by Gasteiger charge is 2.28. The van der Waals surface area contributed by atoms with E-state index in [1.165, 1.54) is 4.90 Å². The summed E-state index contributed by atoms with van der Waals surface area (Å²) in [4.78, 5) is 26.4. The van der Waals surface area contributed by atoms with Gasteiger partial charge >= 0.3 is 5.63 Å². The van der Waals surface area contributed by atoms with Crippen molar-refractivity contribution < 1.29 is 24.2 Å². The first kappa shape index (κ1) is 20.4. The van der Waals surface area contributed by atoms with Crippen molar-refractivity contribution in [3.8, 4) is 5.75 Å². The number of hydrogen-bond acceptors (Lipinski definition) is 6. The zero-order valence-electron chi connectivity index (χ0n) is 16.6. The fourth-order valence-corrected chi connectivity index (χ4v) is 3.61. The molecule has 2 heterocycles. The Kier molecular flexibility index (Phi) is 5.76. The van der Waals surface area contributed by atoms with Gasteiger partial charge in [0.2, 0.25) is 5.91 Å². The van der Waals surface area contributed by atoms with Gasteiger partial charge in [-0.05, 0) is 50.8 Å². The quantitative estimate of drug-likeness (QED) is 0.728. The molecule has 0 aliphatic carbocycles. The Morgan fingerprint density at radius 1 is 1.21 bits per heavy atom. The third-order valence-corrected chi connectivity index (χ3v) is 5.27. The maximum atomic E-state index is 12.5. The largest absolute Gasteiger partial charge is 0.487 e. The fourth-order valence-electron chi connectivity index (χ4n) is 3.61. The second-order valence-electron chi connectivity index (χ2n) is 7.82. The lowest BCUT2D eigenvalue weighted by Gasteiger charge is -2.32. The van der Waals surface area contributed by atoms with E-state index in [0.29, 0.717) is 16.7 Å². The molecule has 2 aromatic rings. The van der Waals surface area contributed by atoms with Gasteiger partial charge in [-0.15, -0.1) is 0 Å². The van der Waals surface area contributed by atoms with Gasteiger partial charge in [-0.25, -0.2) is 4.79 Å². The van der Waals surface area contributed by atoms with E-state index in [4.69, 9.17) is 19.4 Å². The maximum Gasteiger partial charge on any atom is 0.340 e. The van der Waals surface area contributed by atoms with Gasteiger partial charge < -0.3 is 24.3 Å². The third kappa shape index (κ3) is 4.05. The van der Waals surface area contributed by atoms with Crippen LogP contribution in [-0.2, 0) is 17.6 Å². The summed E-state index contributed by atoms with van der Waals surface area (Å²) in [5.74, 6) is 0.396. The first-order valence-electron chi connectivity index (χ1n) is 9.53. The molecule has 7 nitrogen and oxygen atoms in total. The summed E-state index contributed by atoms with van der Waals surface area (Å²) in [5.41, 5.74) is 1.70. The van der Waals surface area contributed by atoms with Crippen LogP contribution in [0.3, 0.4) is 0 Å². The highest BCUT2D eigenvalue weighted by Crippen LogP contribution is 2.36. The minimum absolute atomic E-state index is 0.109. The number of amides is 1. The molecule has 7 heteroatoms. The van der Waals surface area contributed by atoms with Crippen molar-refractivity contribution in [1.82, 2.24) is 4.90 Å². The van der Waals surface area contributed by atoms with Crippen molar-refractivity contribution in [3.63, 3.8) is 0 Å². The van der Waals surface area contributed by atoms with E-state index in [0.717, 1.165) is 29.5 Å². The fraction of sp³-hybridized carbons (Fsp3) is 0.524. The van der Waals surface area contributed by atoms with Gasteiger partial charge in [0, 0.05) is 24.5 Å². The second kappa shape index (κ2) is 7.93. The summed E-state index contributed by atoms with van der Waals surface area (Å²) in [5, 5.41) is 19.0. The Balaban J connectivity index is 1.99. The van der Waals surface area contributed by atoms with Gasteiger partial charge in [-0.2, -0.15) is 0 Å². The van der Waals surface area contributed by atoms with Crippen molar-refractivity contribution in [3.05, 3.63) is 39.2 Å². The molecule has 152 valence electrons. The number of nitrogens with zero attached hydrogens (tertiary/aromatic N) is 1. The van der Waals surface area contributed by atoms with E-state index in [1.807, 2.05) is 26.8 Å². The minimum Gasteiger partial charge on any atom is -0.487 e. The van der Waals surface area contributed by atoms with Crippen LogP contribution in [0.5, 0.6) is 5.75 Å². The number of aryl methyl sites for hydroxylation is 2. The van der Waals surface area contributed by atoms with Crippen LogP contribution < -0.4 is 10.4 Å². The molecule has 1 aromatic heterocycles. The van der Waals surface area contributed by atoms with E-state index in [9.17, 15) is 9.59 Å². The molecule has 0 bridgehead atoms. The Morgan fingerprint density at radius 2 is 1.89 bits per heavy atom. The molecular formula is C21H27NO6. The lowest BCUT2D eigenvalue weighted by molar-refractivity contribution is -0.131. The number of carbonyl (C=O) groups excluding carboxylic acids is 1. The summed E-state index contributed by atoms with van der Waals surface area (Å²) < 4.78 is 11.5. The van der Waals surface area contributed by atoms with Crippen molar-refractivity contribution in [2.75, 3.05) is 26.3 Å². The zero-order chi connectivity index (χ0) is 20.5. The SMILES string of the molecule is Cc1c(CC(=O)N(CCO)CCO)c(=O)oc2cc3c(cc12)CCC(C)(C)O3. The Morgan fingerprint density at radius 3 is 2.54 bits per heavy atom. The third-order valence-electron chi connectivity index (χ3n) is 5.27. The summed E-state index contributed by atoms with van der Waals surface area (Å²) in [6.07, 6.45) is 1.63. The van der Waals surface area contributed by atoms with Crippen LogP contribution in [0.25, 0.3) is 11.0 Å². The van der Waals surface area contributed by atoms with Crippen LogP contribution >= 0.6 is 0 Å². The Bertz CT molecular complexity index is 940. The first-order chi connectivity index (χ1) is 13.3. The summed E-state index contributed by atoms with van der Waals surface area (Å²) in [6.45, 7) is 5.67. The van der Waals surface area contributed by atoms with E-state index in [-0.39, 0.29) is 44.2 Å². The molecule has 0 saturated heterocycles. The van der Waals surface area contributed by atoms with E-state index in [1.54, 1.807) is 6.07 Å². The topological polar surface area (TPSA) is 100 Å². The number of ether oxygens (including phenoxy) is 1. The predicted octanol–water partition coefficient (Wildman–Crippen LogP) is 1.56. The lowest BCUT2D eigenvalue weighted by atomic mass is 9.92. The summed E-state index contributed by atoms with van der Waals surface area (Å²) in [7, 11) is 0. The standard InChI is InChI=1S/C21H27NO6/c1-13-15-10-14-4-5-21(2,3)28-17(14)12-18(15)27-20(26)16(13)11-19(25)22(6-8-23)7-9-24/h10,12,23-24H,4-9,11H2,1-3H3. The zero-order valence-corrected chi connectivity index (χ0v) is 16.6. The normalized spacial score (nSPS) is 15.2. The molecule has 28 heavy (non-hydrogen) atoms. The monoisotopic (exact) mass is 389 g/mol. The Labute approximate surface area is 163 Å². The van der Waals surface area contributed by atoms with E-state index < -0.39 is 5.63 Å². The second-order valence-corrected chi connectivity index (χ2v) is 7.82. The van der Waals surface area contributed by atoms with Gasteiger partial charge in [0.15, 0.2) is 0 Å². The molecule has 1 aliphatic rings. The molecule has 3 rings (SSSR count). The molecule has 0 fully saturated rings. The molecule has 1 amide bonds. The average Bonchev–Trinajstić information content (AvgIpc) is 2.63. The van der Waals surface area contributed by atoms with Crippen LogP contribution in [0.15, 0.2) is 21.3 Å². The van der Waals surface area contributed by atoms with Crippen molar-refractivity contribution >= 4 is 16.9 Å². The number of carbonyl (C=O) groups is 1. The first-order valence-corrected chi connectivity index (χ1v) is 9.53. The molecule has 1 aromatic carbocycles. The highest BCUT2D eigenvalue weighted by atomic mass is 16.5. The van der Waals surface area contributed by atoms with Crippen LogP contribution in [0.2, 0.25) is 0 Å². The van der Waals surface area contributed by atoms with Gasteiger partial charge in [-0.1, -0.05) is 0 Å². The van der Waals surface area contributed by atoms with E-state index in [2.05, 4.69) is 0 Å². The van der Waals surface area contributed by atoms with Crippen LogP contribution in [0, 0.1) is 6.92 Å².